The first kappa shape index (κ1) is 7.88. The minimum absolute atomic E-state index is 0.225. The molecule has 0 aromatic carbocycles. The van der Waals surface area contributed by atoms with Crippen molar-refractivity contribution in [1.29, 1.82) is 0 Å². The Hall–Kier alpha value is -0.220. The summed E-state index contributed by atoms with van der Waals surface area (Å²) in [4.78, 5) is 12.4. The van der Waals surface area contributed by atoms with Gasteiger partial charge in [0.05, 0.1) is 0 Å². The summed E-state index contributed by atoms with van der Waals surface area (Å²) >= 11 is 1.69. The van der Waals surface area contributed by atoms with E-state index in [4.69, 9.17) is 5.11 Å². The SMILES string of the molecule is CC1SCN(C)C1C(=O)O. The van der Waals surface area contributed by atoms with Crippen LogP contribution in [0.15, 0.2) is 0 Å². The number of carboxylic acids is 1. The Bertz CT molecular complexity index is 141. The van der Waals surface area contributed by atoms with Gasteiger partial charge in [0.25, 0.3) is 0 Å². The van der Waals surface area contributed by atoms with E-state index in [1.165, 1.54) is 0 Å². The van der Waals surface area contributed by atoms with Crippen molar-refractivity contribution in [1.82, 2.24) is 4.90 Å². The van der Waals surface area contributed by atoms with E-state index in [1.807, 2.05) is 18.9 Å². The highest BCUT2D eigenvalue weighted by molar-refractivity contribution is 8.00. The van der Waals surface area contributed by atoms with E-state index in [-0.39, 0.29) is 11.3 Å². The van der Waals surface area contributed by atoms with E-state index < -0.39 is 5.97 Å². The van der Waals surface area contributed by atoms with Crippen molar-refractivity contribution in [2.24, 2.45) is 0 Å². The molecule has 0 aliphatic carbocycles. The highest BCUT2D eigenvalue weighted by Crippen LogP contribution is 2.26. The Balaban J connectivity index is 2.63. The summed E-state index contributed by atoms with van der Waals surface area (Å²) in [5.41, 5.74) is 0. The van der Waals surface area contributed by atoms with Gasteiger partial charge in [-0.15, -0.1) is 11.8 Å². The number of likely N-dealkylation sites (N-methyl/N-ethyl adjacent to an activating group) is 1. The third kappa shape index (κ3) is 1.27. The molecule has 4 heteroatoms. The molecule has 1 saturated heterocycles. The Labute approximate surface area is 64.4 Å². The number of rotatable bonds is 1. The largest absolute Gasteiger partial charge is 0.480 e. The lowest BCUT2D eigenvalue weighted by atomic mass is 10.2. The van der Waals surface area contributed by atoms with Crippen molar-refractivity contribution in [2.75, 3.05) is 12.9 Å². The maximum absolute atomic E-state index is 10.6. The Kier molecular flexibility index (Phi) is 2.21. The maximum atomic E-state index is 10.6. The van der Waals surface area contributed by atoms with Crippen LogP contribution in [-0.4, -0.2) is 40.2 Å². The van der Waals surface area contributed by atoms with Gasteiger partial charge in [-0.2, -0.15) is 0 Å². The van der Waals surface area contributed by atoms with Gasteiger partial charge in [0.2, 0.25) is 0 Å². The first-order valence-corrected chi connectivity index (χ1v) is 4.22. The van der Waals surface area contributed by atoms with E-state index in [0.29, 0.717) is 0 Å². The van der Waals surface area contributed by atoms with Crippen molar-refractivity contribution >= 4 is 17.7 Å². The molecule has 1 aliphatic heterocycles. The lowest BCUT2D eigenvalue weighted by Gasteiger charge is -2.15. The van der Waals surface area contributed by atoms with Crippen LogP contribution in [0.1, 0.15) is 6.92 Å². The zero-order chi connectivity index (χ0) is 7.72. The summed E-state index contributed by atoms with van der Waals surface area (Å²) in [7, 11) is 1.84. The molecule has 58 valence electrons. The van der Waals surface area contributed by atoms with Gasteiger partial charge in [0, 0.05) is 11.1 Å². The summed E-state index contributed by atoms with van der Waals surface area (Å²) in [6, 6.07) is -0.287. The zero-order valence-corrected chi connectivity index (χ0v) is 6.89. The van der Waals surface area contributed by atoms with Gasteiger partial charge in [0.1, 0.15) is 6.04 Å². The smallest absolute Gasteiger partial charge is 0.322 e. The van der Waals surface area contributed by atoms with E-state index in [0.717, 1.165) is 5.88 Å². The van der Waals surface area contributed by atoms with Gasteiger partial charge in [-0.05, 0) is 7.05 Å². The van der Waals surface area contributed by atoms with Crippen molar-refractivity contribution in [3.8, 4) is 0 Å². The Morgan fingerprint density at radius 2 is 2.40 bits per heavy atom. The molecular formula is C6H11NO2S. The number of carboxylic acid groups (broad SMARTS) is 1. The van der Waals surface area contributed by atoms with E-state index >= 15 is 0 Å². The molecule has 0 saturated carbocycles. The number of nitrogens with zero attached hydrogens (tertiary/aromatic N) is 1. The number of aliphatic carboxylic acids is 1. The predicted octanol–water partition coefficient (Wildman–Crippen LogP) is 0.464. The monoisotopic (exact) mass is 161 g/mol. The minimum atomic E-state index is -0.708. The maximum Gasteiger partial charge on any atom is 0.322 e. The molecule has 0 amide bonds. The van der Waals surface area contributed by atoms with Crippen LogP contribution < -0.4 is 0 Å². The molecule has 3 nitrogen and oxygen atoms in total. The van der Waals surface area contributed by atoms with Crippen LogP contribution in [0, 0.1) is 0 Å². The average molecular weight is 161 g/mol. The van der Waals surface area contributed by atoms with Gasteiger partial charge >= 0.3 is 5.97 Å². The highest BCUT2D eigenvalue weighted by atomic mass is 32.2. The molecule has 1 N–H and O–H groups in total. The predicted molar refractivity (Wildman–Crippen MR) is 41.1 cm³/mol. The fourth-order valence-electron chi connectivity index (χ4n) is 1.15. The zero-order valence-electron chi connectivity index (χ0n) is 6.07. The topological polar surface area (TPSA) is 40.5 Å². The van der Waals surface area contributed by atoms with Crippen molar-refractivity contribution in [2.45, 2.75) is 18.2 Å². The third-order valence-corrected chi connectivity index (χ3v) is 3.05. The standard InChI is InChI=1S/C6H11NO2S/c1-4-5(6(8)9)7(2)3-10-4/h4-5H,3H2,1-2H3,(H,8,9). The highest BCUT2D eigenvalue weighted by Gasteiger charge is 2.34. The quantitative estimate of drug-likeness (QED) is 0.606. The molecule has 1 heterocycles. The van der Waals surface area contributed by atoms with Crippen molar-refractivity contribution in [3.63, 3.8) is 0 Å². The van der Waals surface area contributed by atoms with E-state index in [1.54, 1.807) is 11.8 Å². The number of thioether (sulfide) groups is 1. The van der Waals surface area contributed by atoms with Gasteiger partial charge < -0.3 is 5.11 Å². The summed E-state index contributed by atoms with van der Waals surface area (Å²) in [5.74, 6) is 0.123. The van der Waals surface area contributed by atoms with Crippen molar-refractivity contribution < 1.29 is 9.90 Å². The first-order chi connectivity index (χ1) is 4.63. The van der Waals surface area contributed by atoms with Gasteiger partial charge in [-0.1, -0.05) is 6.92 Å². The van der Waals surface area contributed by atoms with E-state index in [9.17, 15) is 4.79 Å². The molecule has 2 unspecified atom stereocenters. The second-order valence-electron chi connectivity index (χ2n) is 2.54. The third-order valence-electron chi connectivity index (χ3n) is 1.71. The molecule has 10 heavy (non-hydrogen) atoms. The molecule has 0 spiro atoms. The van der Waals surface area contributed by atoms with Crippen LogP contribution in [-0.2, 0) is 4.79 Å². The molecule has 1 aliphatic rings. The molecule has 0 aromatic rings. The molecule has 0 bridgehead atoms. The second kappa shape index (κ2) is 2.80. The number of hydrogen-bond donors (Lipinski definition) is 1. The van der Waals surface area contributed by atoms with Crippen LogP contribution in [0.3, 0.4) is 0 Å². The van der Waals surface area contributed by atoms with Crippen LogP contribution in [0.4, 0.5) is 0 Å². The summed E-state index contributed by atoms with van der Waals surface area (Å²) in [6.45, 7) is 1.95. The van der Waals surface area contributed by atoms with Crippen LogP contribution in [0.2, 0.25) is 0 Å². The minimum Gasteiger partial charge on any atom is -0.480 e. The fourth-order valence-corrected chi connectivity index (χ4v) is 2.29. The first-order valence-electron chi connectivity index (χ1n) is 3.17. The van der Waals surface area contributed by atoms with Gasteiger partial charge in [0.15, 0.2) is 0 Å². The van der Waals surface area contributed by atoms with Gasteiger partial charge in [-0.3, -0.25) is 9.69 Å². The van der Waals surface area contributed by atoms with E-state index in [2.05, 4.69) is 0 Å². The molecule has 0 aromatic heterocycles. The molecule has 0 radical (unpaired) electrons. The Morgan fingerprint density at radius 3 is 2.60 bits per heavy atom. The summed E-state index contributed by atoms with van der Waals surface area (Å²) in [5, 5.41) is 8.92. The molecular weight excluding hydrogens is 150 g/mol. The van der Waals surface area contributed by atoms with Gasteiger partial charge in [-0.25, -0.2) is 0 Å². The molecule has 2 atom stereocenters. The second-order valence-corrected chi connectivity index (χ2v) is 3.88. The van der Waals surface area contributed by atoms with Crippen LogP contribution >= 0.6 is 11.8 Å². The summed E-state index contributed by atoms with van der Waals surface area (Å²) in [6.07, 6.45) is 0. The lowest BCUT2D eigenvalue weighted by Crippen LogP contribution is -2.38. The van der Waals surface area contributed by atoms with Crippen molar-refractivity contribution in [3.05, 3.63) is 0 Å². The average Bonchev–Trinajstić information content (AvgIpc) is 2.11. The number of hydrogen-bond acceptors (Lipinski definition) is 3. The Morgan fingerprint density at radius 1 is 1.80 bits per heavy atom. The van der Waals surface area contributed by atoms with Crippen LogP contribution in [0.25, 0.3) is 0 Å². The molecule has 1 fully saturated rings. The van der Waals surface area contributed by atoms with Crippen LogP contribution in [0.5, 0.6) is 0 Å². The normalized spacial score (nSPS) is 34.6. The molecule has 1 rings (SSSR count). The number of carbonyl (C=O) groups is 1. The summed E-state index contributed by atoms with van der Waals surface area (Å²) < 4.78 is 0. The lowest BCUT2D eigenvalue weighted by molar-refractivity contribution is -0.141. The fraction of sp³-hybridized carbons (Fsp3) is 0.833.